The minimum absolute atomic E-state index is 0.282. The van der Waals surface area contributed by atoms with Gasteiger partial charge in [-0.3, -0.25) is 0 Å². The molecule has 1 atom stereocenters. The highest BCUT2D eigenvalue weighted by Gasteiger charge is 2.26. The summed E-state index contributed by atoms with van der Waals surface area (Å²) in [7, 11) is 0. The second-order valence-electron chi connectivity index (χ2n) is 4.86. The standard InChI is InChI=1S/C15H18/c1-15(2)11-7-6-10-14(15)12-13-8-4-3-5-9-13/h3-11,14H,12H2,1-2H3. The maximum absolute atomic E-state index is 2.33. The molecule has 0 nitrogen and oxygen atoms in total. The fraction of sp³-hybridized carbons (Fsp3) is 0.333. The Labute approximate surface area is 92.3 Å². The number of hydrogen-bond acceptors (Lipinski definition) is 0. The van der Waals surface area contributed by atoms with E-state index < -0.39 is 0 Å². The van der Waals surface area contributed by atoms with Crippen molar-refractivity contribution in [3.8, 4) is 0 Å². The highest BCUT2D eigenvalue weighted by molar-refractivity contribution is 5.23. The predicted molar refractivity (Wildman–Crippen MR) is 65.7 cm³/mol. The van der Waals surface area contributed by atoms with E-state index in [0.717, 1.165) is 6.42 Å². The number of rotatable bonds is 2. The SMILES string of the molecule is CC1(C)C=CC=CC1Cc1ccccc1. The first kappa shape index (κ1) is 10.2. The lowest BCUT2D eigenvalue weighted by Crippen LogP contribution is -2.23. The van der Waals surface area contributed by atoms with E-state index in [4.69, 9.17) is 0 Å². The third kappa shape index (κ3) is 2.38. The summed E-state index contributed by atoms with van der Waals surface area (Å²) < 4.78 is 0. The van der Waals surface area contributed by atoms with Crippen LogP contribution in [0.4, 0.5) is 0 Å². The van der Waals surface area contributed by atoms with Crippen molar-refractivity contribution in [2.45, 2.75) is 20.3 Å². The molecule has 0 radical (unpaired) electrons. The van der Waals surface area contributed by atoms with Gasteiger partial charge in [0, 0.05) is 0 Å². The Morgan fingerprint density at radius 1 is 1.07 bits per heavy atom. The van der Waals surface area contributed by atoms with Crippen LogP contribution in [0.3, 0.4) is 0 Å². The number of benzene rings is 1. The van der Waals surface area contributed by atoms with Gasteiger partial charge in [0.1, 0.15) is 0 Å². The Hall–Kier alpha value is -1.30. The molecule has 1 aliphatic rings. The van der Waals surface area contributed by atoms with Crippen molar-refractivity contribution in [2.24, 2.45) is 11.3 Å². The average Bonchev–Trinajstić information content (AvgIpc) is 2.23. The predicted octanol–water partition coefficient (Wildman–Crippen LogP) is 4.00. The van der Waals surface area contributed by atoms with Crippen LogP contribution >= 0.6 is 0 Å². The van der Waals surface area contributed by atoms with Gasteiger partial charge in [-0.25, -0.2) is 0 Å². The molecule has 15 heavy (non-hydrogen) atoms. The summed E-state index contributed by atoms with van der Waals surface area (Å²) in [6, 6.07) is 10.7. The lowest BCUT2D eigenvalue weighted by atomic mass is 9.73. The normalized spacial score (nSPS) is 22.9. The number of hydrogen-bond donors (Lipinski definition) is 0. The van der Waals surface area contributed by atoms with Crippen LogP contribution in [0.2, 0.25) is 0 Å². The van der Waals surface area contributed by atoms with Crippen LogP contribution in [0.5, 0.6) is 0 Å². The summed E-state index contributed by atoms with van der Waals surface area (Å²) >= 11 is 0. The molecule has 78 valence electrons. The molecule has 0 saturated carbocycles. The van der Waals surface area contributed by atoms with Crippen molar-refractivity contribution < 1.29 is 0 Å². The van der Waals surface area contributed by atoms with Crippen molar-refractivity contribution in [2.75, 3.05) is 0 Å². The van der Waals surface area contributed by atoms with Crippen LogP contribution in [0.1, 0.15) is 19.4 Å². The summed E-state index contributed by atoms with van der Waals surface area (Å²) in [5, 5.41) is 0. The fourth-order valence-corrected chi connectivity index (χ4v) is 2.07. The molecule has 0 heteroatoms. The fourth-order valence-electron chi connectivity index (χ4n) is 2.07. The molecule has 0 heterocycles. The first-order chi connectivity index (χ1) is 7.18. The van der Waals surface area contributed by atoms with E-state index in [1.807, 2.05) is 0 Å². The molecule has 0 amide bonds. The second-order valence-corrected chi connectivity index (χ2v) is 4.86. The second kappa shape index (κ2) is 4.06. The molecule has 0 fully saturated rings. The molecule has 0 saturated heterocycles. The Bertz CT molecular complexity index is 368. The van der Waals surface area contributed by atoms with Gasteiger partial charge >= 0.3 is 0 Å². The lowest BCUT2D eigenvalue weighted by molar-refractivity contribution is 0.337. The summed E-state index contributed by atoms with van der Waals surface area (Å²) in [5.74, 6) is 0.616. The zero-order valence-corrected chi connectivity index (χ0v) is 9.48. The smallest absolute Gasteiger partial charge is 0.0104 e. The zero-order valence-electron chi connectivity index (χ0n) is 9.48. The van der Waals surface area contributed by atoms with Crippen molar-refractivity contribution in [1.29, 1.82) is 0 Å². The summed E-state index contributed by atoms with van der Waals surface area (Å²) in [6.45, 7) is 4.61. The first-order valence-corrected chi connectivity index (χ1v) is 5.58. The van der Waals surface area contributed by atoms with Gasteiger partial charge in [-0.05, 0) is 23.3 Å². The van der Waals surface area contributed by atoms with Crippen molar-refractivity contribution in [1.82, 2.24) is 0 Å². The molecule has 0 bridgehead atoms. The van der Waals surface area contributed by atoms with Gasteiger partial charge in [-0.2, -0.15) is 0 Å². The van der Waals surface area contributed by atoms with Gasteiger partial charge in [0.05, 0.1) is 0 Å². The summed E-state index contributed by atoms with van der Waals surface area (Å²) in [5.41, 5.74) is 1.71. The zero-order chi connectivity index (χ0) is 10.7. The van der Waals surface area contributed by atoms with Crippen molar-refractivity contribution >= 4 is 0 Å². The molecule has 2 rings (SSSR count). The van der Waals surface area contributed by atoms with Gasteiger partial charge < -0.3 is 0 Å². The van der Waals surface area contributed by atoms with Gasteiger partial charge in [0.15, 0.2) is 0 Å². The van der Waals surface area contributed by atoms with Gasteiger partial charge in [0.25, 0.3) is 0 Å². The first-order valence-electron chi connectivity index (χ1n) is 5.58. The third-order valence-corrected chi connectivity index (χ3v) is 3.23. The van der Waals surface area contributed by atoms with Crippen LogP contribution in [0, 0.1) is 11.3 Å². The van der Waals surface area contributed by atoms with E-state index in [1.54, 1.807) is 0 Å². The maximum Gasteiger partial charge on any atom is -0.0104 e. The van der Waals surface area contributed by atoms with Gasteiger partial charge in [0.2, 0.25) is 0 Å². The number of allylic oxidation sites excluding steroid dienone is 4. The molecule has 0 spiro atoms. The van der Waals surface area contributed by atoms with E-state index in [9.17, 15) is 0 Å². The third-order valence-electron chi connectivity index (χ3n) is 3.23. The Kier molecular flexibility index (Phi) is 2.77. The van der Waals surface area contributed by atoms with Crippen LogP contribution in [-0.4, -0.2) is 0 Å². The monoisotopic (exact) mass is 198 g/mol. The molecular weight excluding hydrogens is 180 g/mol. The molecule has 1 unspecified atom stereocenters. The molecular formula is C15H18. The highest BCUT2D eigenvalue weighted by atomic mass is 14.3. The van der Waals surface area contributed by atoms with Crippen molar-refractivity contribution in [3.63, 3.8) is 0 Å². The quantitative estimate of drug-likeness (QED) is 0.674. The minimum Gasteiger partial charge on any atom is -0.0803 e. The highest BCUT2D eigenvalue weighted by Crippen LogP contribution is 2.34. The topological polar surface area (TPSA) is 0 Å². The molecule has 1 aromatic rings. The minimum atomic E-state index is 0.282. The van der Waals surface area contributed by atoms with Crippen LogP contribution in [0.15, 0.2) is 54.6 Å². The summed E-state index contributed by atoms with van der Waals surface area (Å²) in [4.78, 5) is 0. The largest absolute Gasteiger partial charge is 0.0803 e. The lowest BCUT2D eigenvalue weighted by Gasteiger charge is -2.31. The van der Waals surface area contributed by atoms with Crippen LogP contribution in [-0.2, 0) is 6.42 Å². The Balaban J connectivity index is 2.13. The van der Waals surface area contributed by atoms with E-state index in [2.05, 4.69) is 68.5 Å². The molecule has 0 N–H and O–H groups in total. The maximum atomic E-state index is 2.33. The van der Waals surface area contributed by atoms with E-state index in [-0.39, 0.29) is 5.41 Å². The molecule has 0 aromatic heterocycles. The molecule has 1 aliphatic carbocycles. The average molecular weight is 198 g/mol. The van der Waals surface area contributed by atoms with E-state index in [0.29, 0.717) is 5.92 Å². The molecule has 1 aromatic carbocycles. The van der Waals surface area contributed by atoms with Gasteiger partial charge in [-0.15, -0.1) is 0 Å². The van der Waals surface area contributed by atoms with Crippen molar-refractivity contribution in [3.05, 3.63) is 60.2 Å². The Morgan fingerprint density at radius 3 is 2.47 bits per heavy atom. The van der Waals surface area contributed by atoms with E-state index in [1.165, 1.54) is 5.56 Å². The Morgan fingerprint density at radius 2 is 1.80 bits per heavy atom. The van der Waals surface area contributed by atoms with Gasteiger partial charge in [-0.1, -0.05) is 68.5 Å². The van der Waals surface area contributed by atoms with Crippen LogP contribution < -0.4 is 0 Å². The van der Waals surface area contributed by atoms with Crippen LogP contribution in [0.25, 0.3) is 0 Å². The van der Waals surface area contributed by atoms with E-state index >= 15 is 0 Å². The summed E-state index contributed by atoms with van der Waals surface area (Å²) in [6.07, 6.45) is 10.1. The molecule has 0 aliphatic heterocycles.